The van der Waals surface area contributed by atoms with Crippen LogP contribution in [0, 0.1) is 0 Å². The van der Waals surface area contributed by atoms with Crippen LogP contribution in [-0.2, 0) is 6.42 Å². The Morgan fingerprint density at radius 1 is 1.43 bits per heavy atom. The van der Waals surface area contributed by atoms with Gasteiger partial charge in [0.25, 0.3) is 0 Å². The Balaban J connectivity index is 2.26. The Hall–Kier alpha value is -1.71. The quantitative estimate of drug-likeness (QED) is 0.696. The van der Waals surface area contributed by atoms with Gasteiger partial charge in [-0.05, 0) is 24.5 Å². The number of aryl methyl sites for hydroxylation is 1. The van der Waals surface area contributed by atoms with Crippen LogP contribution in [0.4, 0.5) is 10.5 Å². The number of hydrogen-bond donors (Lipinski definition) is 2. The number of anilines is 1. The predicted octanol–water partition coefficient (Wildman–Crippen LogP) is 1.02. The van der Waals surface area contributed by atoms with Crippen LogP contribution in [0.3, 0.4) is 0 Å². The summed E-state index contributed by atoms with van der Waals surface area (Å²) in [5.74, 6) is 0. The molecule has 0 aromatic heterocycles. The van der Waals surface area contributed by atoms with Crippen molar-refractivity contribution >= 4 is 11.7 Å². The fourth-order valence-electron chi connectivity index (χ4n) is 1.78. The van der Waals surface area contributed by atoms with Crippen molar-refractivity contribution in [2.75, 3.05) is 11.6 Å². The first-order chi connectivity index (χ1) is 6.77. The molecule has 0 atom stereocenters. The van der Waals surface area contributed by atoms with Crippen molar-refractivity contribution in [1.29, 1.82) is 0 Å². The third kappa shape index (κ3) is 1.64. The molecule has 0 radical (unpaired) electrons. The fraction of sp³-hybridized carbons (Fsp3) is 0.300. The van der Waals surface area contributed by atoms with Crippen LogP contribution in [0.1, 0.15) is 12.0 Å². The van der Waals surface area contributed by atoms with Gasteiger partial charge in [-0.2, -0.15) is 0 Å². The molecule has 3 N–H and O–H groups in total. The summed E-state index contributed by atoms with van der Waals surface area (Å²) in [5, 5.41) is 1.81. The molecule has 0 unspecified atom stereocenters. The highest BCUT2D eigenvalue weighted by atomic mass is 16.2. The van der Waals surface area contributed by atoms with Crippen molar-refractivity contribution in [2.45, 2.75) is 12.8 Å². The average molecular weight is 191 g/mol. The van der Waals surface area contributed by atoms with Crippen LogP contribution < -0.4 is 16.2 Å². The van der Waals surface area contributed by atoms with Crippen molar-refractivity contribution in [1.82, 2.24) is 5.43 Å². The van der Waals surface area contributed by atoms with E-state index >= 15 is 0 Å². The van der Waals surface area contributed by atoms with Crippen LogP contribution in [-0.4, -0.2) is 12.6 Å². The lowest BCUT2D eigenvalue weighted by atomic mass is 10.0. The van der Waals surface area contributed by atoms with Crippen molar-refractivity contribution in [2.24, 2.45) is 5.73 Å². The zero-order valence-electron chi connectivity index (χ0n) is 7.86. The average Bonchev–Trinajstić information content (AvgIpc) is 2.18. The lowest BCUT2D eigenvalue weighted by Crippen LogP contribution is -2.47. The first kappa shape index (κ1) is 8.87. The molecular formula is C10H13N3O. The van der Waals surface area contributed by atoms with Gasteiger partial charge in [-0.3, -0.25) is 5.01 Å². The summed E-state index contributed by atoms with van der Waals surface area (Å²) in [4.78, 5) is 10.7. The first-order valence-electron chi connectivity index (χ1n) is 4.69. The molecule has 1 heterocycles. The van der Waals surface area contributed by atoms with Crippen molar-refractivity contribution in [3.63, 3.8) is 0 Å². The summed E-state index contributed by atoms with van der Waals surface area (Å²) in [6.45, 7) is 0.819. The van der Waals surface area contributed by atoms with Gasteiger partial charge >= 0.3 is 6.03 Å². The van der Waals surface area contributed by atoms with Crippen LogP contribution >= 0.6 is 0 Å². The summed E-state index contributed by atoms with van der Waals surface area (Å²) in [6, 6.07) is 7.52. The van der Waals surface area contributed by atoms with E-state index in [1.54, 1.807) is 5.01 Å². The molecule has 0 fully saturated rings. The maximum Gasteiger partial charge on any atom is 0.330 e. The highest BCUT2D eigenvalue weighted by Gasteiger charge is 2.16. The van der Waals surface area contributed by atoms with E-state index in [1.807, 2.05) is 18.2 Å². The molecule has 4 nitrogen and oxygen atoms in total. The highest BCUT2D eigenvalue weighted by Crippen LogP contribution is 2.24. The number of primary amides is 1. The number of nitrogens with zero attached hydrogens (tertiary/aromatic N) is 1. The Bertz CT molecular complexity index is 351. The normalized spacial score (nSPS) is 14.7. The number of para-hydroxylation sites is 1. The summed E-state index contributed by atoms with van der Waals surface area (Å²) in [6.07, 6.45) is 2.10. The zero-order valence-corrected chi connectivity index (χ0v) is 7.86. The van der Waals surface area contributed by atoms with Gasteiger partial charge in [-0.1, -0.05) is 18.2 Å². The van der Waals surface area contributed by atoms with Gasteiger partial charge in [0.1, 0.15) is 0 Å². The zero-order chi connectivity index (χ0) is 9.97. The molecule has 0 aliphatic carbocycles. The Kier molecular flexibility index (Phi) is 2.26. The smallest absolute Gasteiger partial charge is 0.330 e. The number of amides is 2. The van der Waals surface area contributed by atoms with E-state index in [0.29, 0.717) is 0 Å². The van der Waals surface area contributed by atoms with Gasteiger partial charge in [-0.15, -0.1) is 0 Å². The maximum absolute atomic E-state index is 10.7. The van der Waals surface area contributed by atoms with Crippen molar-refractivity contribution < 1.29 is 4.79 Å². The standard InChI is InChI=1S/C10H13N3O/c11-10(14)12-13-7-3-5-8-4-1-2-6-9(8)13/h1-2,4,6H,3,5,7H2,(H3,11,12,14). The van der Waals surface area contributed by atoms with Crippen molar-refractivity contribution in [3.8, 4) is 0 Å². The third-order valence-electron chi connectivity index (χ3n) is 2.36. The largest absolute Gasteiger partial charge is 0.350 e. The molecule has 2 rings (SSSR count). The molecule has 0 spiro atoms. The molecule has 0 saturated carbocycles. The second-order valence-electron chi connectivity index (χ2n) is 3.36. The molecule has 1 aromatic carbocycles. The maximum atomic E-state index is 10.7. The lowest BCUT2D eigenvalue weighted by molar-refractivity contribution is 0.247. The topological polar surface area (TPSA) is 58.4 Å². The molecule has 1 aromatic rings. The number of carbonyl (C=O) groups excluding carboxylic acids is 1. The summed E-state index contributed by atoms with van der Waals surface area (Å²) in [7, 11) is 0. The predicted molar refractivity (Wildman–Crippen MR) is 54.8 cm³/mol. The Labute approximate surface area is 82.7 Å². The second-order valence-corrected chi connectivity index (χ2v) is 3.36. The fourth-order valence-corrected chi connectivity index (χ4v) is 1.78. The van der Waals surface area contributed by atoms with Crippen LogP contribution in [0.5, 0.6) is 0 Å². The minimum absolute atomic E-state index is 0.512. The summed E-state index contributed by atoms with van der Waals surface area (Å²) < 4.78 is 0. The number of benzene rings is 1. The van der Waals surface area contributed by atoms with Crippen LogP contribution in [0.15, 0.2) is 24.3 Å². The molecule has 0 bridgehead atoms. The molecule has 74 valence electrons. The van der Waals surface area contributed by atoms with Gasteiger partial charge in [0.15, 0.2) is 0 Å². The Morgan fingerprint density at radius 3 is 3.00 bits per heavy atom. The summed E-state index contributed by atoms with van der Waals surface area (Å²) >= 11 is 0. The number of nitrogens with one attached hydrogen (secondary N) is 1. The number of hydrogen-bond acceptors (Lipinski definition) is 2. The number of hydrazine groups is 1. The third-order valence-corrected chi connectivity index (χ3v) is 2.36. The second kappa shape index (κ2) is 3.57. The van der Waals surface area contributed by atoms with E-state index in [2.05, 4.69) is 11.5 Å². The van der Waals surface area contributed by atoms with Gasteiger partial charge < -0.3 is 5.73 Å². The van der Waals surface area contributed by atoms with Crippen LogP contribution in [0.2, 0.25) is 0 Å². The van der Waals surface area contributed by atoms with Gasteiger partial charge in [-0.25, -0.2) is 10.2 Å². The summed E-state index contributed by atoms with van der Waals surface area (Å²) in [5.41, 5.74) is 10.0. The highest BCUT2D eigenvalue weighted by molar-refractivity contribution is 5.74. The molecule has 1 aliphatic rings. The van der Waals surface area contributed by atoms with Gasteiger partial charge in [0.05, 0.1) is 5.69 Å². The SMILES string of the molecule is NC(=O)NN1CCCc2ccccc21. The van der Waals surface area contributed by atoms with E-state index in [9.17, 15) is 4.79 Å². The number of rotatable bonds is 1. The van der Waals surface area contributed by atoms with Crippen molar-refractivity contribution in [3.05, 3.63) is 29.8 Å². The van der Waals surface area contributed by atoms with E-state index in [1.165, 1.54) is 5.56 Å². The number of carbonyl (C=O) groups is 1. The Morgan fingerprint density at radius 2 is 2.21 bits per heavy atom. The van der Waals surface area contributed by atoms with E-state index in [0.717, 1.165) is 25.1 Å². The van der Waals surface area contributed by atoms with Gasteiger partial charge in [0.2, 0.25) is 0 Å². The van der Waals surface area contributed by atoms with E-state index < -0.39 is 6.03 Å². The van der Waals surface area contributed by atoms with Gasteiger partial charge in [0, 0.05) is 6.54 Å². The molecule has 14 heavy (non-hydrogen) atoms. The first-order valence-corrected chi connectivity index (χ1v) is 4.69. The lowest BCUT2D eigenvalue weighted by Gasteiger charge is -2.30. The molecule has 4 heteroatoms. The number of fused-ring (bicyclic) bond motifs is 1. The monoisotopic (exact) mass is 191 g/mol. The molecule has 0 saturated heterocycles. The number of nitrogens with two attached hydrogens (primary N) is 1. The minimum atomic E-state index is -0.512. The van der Waals surface area contributed by atoms with E-state index in [-0.39, 0.29) is 0 Å². The van der Waals surface area contributed by atoms with E-state index in [4.69, 9.17) is 5.73 Å². The molecule has 1 aliphatic heterocycles. The molecule has 2 amide bonds. The number of urea groups is 1. The molecular weight excluding hydrogens is 178 g/mol. The van der Waals surface area contributed by atoms with Crippen LogP contribution in [0.25, 0.3) is 0 Å². The minimum Gasteiger partial charge on any atom is -0.350 e.